The number of hydrogen-bond acceptors (Lipinski definition) is 5. The number of aliphatic hydroxyl groups is 2. The summed E-state index contributed by atoms with van der Waals surface area (Å²) in [7, 11) is 0. The summed E-state index contributed by atoms with van der Waals surface area (Å²) in [6.45, 7) is 4.89. The molecule has 0 radical (unpaired) electrons. The number of carbonyl (C=O) groups is 2. The van der Waals surface area contributed by atoms with E-state index >= 15 is 0 Å². The summed E-state index contributed by atoms with van der Waals surface area (Å²) >= 11 is 0. The first-order valence-corrected chi connectivity index (χ1v) is 32.3. The van der Waals surface area contributed by atoms with Gasteiger partial charge in [0.2, 0.25) is 5.91 Å². The predicted octanol–water partition coefficient (Wildman–Crippen LogP) is 20.4. The van der Waals surface area contributed by atoms with E-state index in [4.69, 9.17) is 4.74 Å². The lowest BCUT2D eigenvalue weighted by molar-refractivity contribution is -0.143. The highest BCUT2D eigenvalue weighted by atomic mass is 16.5. The summed E-state index contributed by atoms with van der Waals surface area (Å²) in [4.78, 5) is 24.6. The van der Waals surface area contributed by atoms with Crippen LogP contribution in [0.25, 0.3) is 0 Å². The van der Waals surface area contributed by atoms with Gasteiger partial charge < -0.3 is 20.3 Å². The Kier molecular flexibility index (Phi) is 60.0. The minimum absolute atomic E-state index is 0.0125. The van der Waals surface area contributed by atoms with Crippen molar-refractivity contribution in [2.45, 2.75) is 360 Å². The van der Waals surface area contributed by atoms with Crippen LogP contribution in [0.5, 0.6) is 0 Å². The second-order valence-corrected chi connectivity index (χ2v) is 22.1. The van der Waals surface area contributed by atoms with Gasteiger partial charge in [0.05, 0.1) is 25.4 Å². The molecule has 0 aliphatic heterocycles. The Morgan fingerprint density at radius 3 is 1.06 bits per heavy atom. The van der Waals surface area contributed by atoms with Crippen LogP contribution in [0.1, 0.15) is 348 Å². The summed E-state index contributed by atoms with van der Waals surface area (Å²) in [5.41, 5.74) is 0. The van der Waals surface area contributed by atoms with Crippen LogP contribution in [0.2, 0.25) is 0 Å². The number of aliphatic hydroxyl groups excluding tert-OH is 2. The molecular weight excluding hydrogens is 887 g/mol. The van der Waals surface area contributed by atoms with E-state index in [0.29, 0.717) is 19.4 Å². The van der Waals surface area contributed by atoms with Crippen LogP contribution < -0.4 is 5.32 Å². The van der Waals surface area contributed by atoms with Crippen molar-refractivity contribution < 1.29 is 24.5 Å². The van der Waals surface area contributed by atoms with E-state index in [2.05, 4.69) is 43.5 Å². The van der Waals surface area contributed by atoms with Gasteiger partial charge in [-0.15, -0.1) is 0 Å². The lowest BCUT2D eigenvalue weighted by atomic mass is 10.0. The van der Waals surface area contributed by atoms with Gasteiger partial charge >= 0.3 is 5.97 Å². The highest BCUT2D eigenvalue weighted by Gasteiger charge is 2.18. The molecule has 424 valence electrons. The van der Waals surface area contributed by atoms with Gasteiger partial charge in [-0.25, -0.2) is 0 Å². The van der Waals surface area contributed by atoms with Gasteiger partial charge in [-0.2, -0.15) is 0 Å². The highest BCUT2D eigenvalue weighted by molar-refractivity contribution is 5.76. The Morgan fingerprint density at radius 2 is 0.694 bits per heavy atom. The first-order valence-electron chi connectivity index (χ1n) is 32.3. The third kappa shape index (κ3) is 57.4. The Hall–Kier alpha value is -1.92. The van der Waals surface area contributed by atoms with Gasteiger partial charge in [0.25, 0.3) is 0 Å². The zero-order valence-corrected chi connectivity index (χ0v) is 48.4. The summed E-state index contributed by atoms with van der Waals surface area (Å²) in [6.07, 6.45) is 77.6. The smallest absolute Gasteiger partial charge is 0.305 e. The quantitative estimate of drug-likeness (QED) is 0.0320. The van der Waals surface area contributed by atoms with Crippen molar-refractivity contribution >= 4 is 11.9 Å². The molecule has 0 bridgehead atoms. The van der Waals surface area contributed by atoms with Crippen LogP contribution in [0.4, 0.5) is 0 Å². The SMILES string of the molecule is CCCCCCCCCCCCCCCCCCCCCC/C=C/C(O)C(CO)NC(=O)CCCCCCCCC/C=C\C/C=C\CCCCCOC(=O)CCCCCCCCCCCCCCCCCC. The fourth-order valence-electron chi connectivity index (χ4n) is 9.96. The third-order valence-electron chi connectivity index (χ3n) is 14.9. The van der Waals surface area contributed by atoms with E-state index in [1.165, 1.54) is 238 Å². The number of unbranched alkanes of at least 4 members (excludes halogenated alkanes) is 45. The summed E-state index contributed by atoms with van der Waals surface area (Å²) in [5.74, 6) is -0.0937. The van der Waals surface area contributed by atoms with E-state index < -0.39 is 12.1 Å². The largest absolute Gasteiger partial charge is 0.466 e. The number of nitrogens with one attached hydrogen (secondary N) is 1. The molecule has 0 aliphatic carbocycles. The van der Waals surface area contributed by atoms with Crippen molar-refractivity contribution in [2.24, 2.45) is 0 Å². The Labute approximate surface area is 449 Å². The summed E-state index contributed by atoms with van der Waals surface area (Å²) in [6, 6.07) is -0.641. The number of hydrogen-bond donors (Lipinski definition) is 3. The van der Waals surface area contributed by atoms with Gasteiger partial charge in [-0.1, -0.05) is 301 Å². The Bertz CT molecular complexity index is 1170. The summed E-state index contributed by atoms with van der Waals surface area (Å²) < 4.78 is 5.47. The molecule has 6 heteroatoms. The van der Waals surface area contributed by atoms with Crippen molar-refractivity contribution in [3.05, 3.63) is 36.5 Å². The van der Waals surface area contributed by atoms with Crippen LogP contribution >= 0.6 is 0 Å². The van der Waals surface area contributed by atoms with Crippen LogP contribution in [-0.4, -0.2) is 47.4 Å². The van der Waals surface area contributed by atoms with E-state index in [1.54, 1.807) is 6.08 Å². The van der Waals surface area contributed by atoms with Crippen LogP contribution in [-0.2, 0) is 14.3 Å². The normalized spacial score (nSPS) is 12.8. The zero-order chi connectivity index (χ0) is 52.2. The lowest BCUT2D eigenvalue weighted by Gasteiger charge is -2.20. The molecule has 1 amide bonds. The molecule has 0 rings (SSSR count). The molecule has 0 saturated carbocycles. The second kappa shape index (κ2) is 61.6. The van der Waals surface area contributed by atoms with Crippen LogP contribution in [0, 0.1) is 0 Å². The molecule has 0 aromatic rings. The second-order valence-electron chi connectivity index (χ2n) is 22.1. The Morgan fingerprint density at radius 1 is 0.389 bits per heavy atom. The van der Waals surface area contributed by atoms with E-state index in [0.717, 1.165) is 83.5 Å². The third-order valence-corrected chi connectivity index (χ3v) is 14.9. The standard InChI is InChI=1S/C66H125NO5/c1-3-5-7-9-11-13-15-17-19-21-22-23-24-25-27-30-34-38-42-46-50-54-58-64(69)63(62-68)67-65(70)59-55-51-47-43-39-35-31-28-26-29-33-37-41-45-49-53-57-61-72-66(71)60-56-52-48-44-40-36-32-20-18-16-14-12-10-8-6-4-2/h26,29,37,41,54,58,63-64,68-69H,3-25,27-28,30-36,38-40,42-53,55-57,59-62H2,1-2H3,(H,67,70)/b29-26-,41-37-,58-54+. The molecule has 0 aromatic heterocycles. The molecule has 2 atom stereocenters. The first-order chi connectivity index (χ1) is 35.5. The molecule has 0 fully saturated rings. The van der Waals surface area contributed by atoms with Gasteiger partial charge in [0, 0.05) is 12.8 Å². The molecule has 3 N–H and O–H groups in total. The van der Waals surface area contributed by atoms with E-state index in [9.17, 15) is 19.8 Å². The average molecular weight is 1010 g/mol. The van der Waals surface area contributed by atoms with Crippen molar-refractivity contribution in [2.75, 3.05) is 13.2 Å². The molecule has 0 aromatic carbocycles. The van der Waals surface area contributed by atoms with Gasteiger partial charge in [0.1, 0.15) is 0 Å². The van der Waals surface area contributed by atoms with Crippen molar-refractivity contribution in [3.63, 3.8) is 0 Å². The number of allylic oxidation sites excluding steroid dienone is 5. The molecule has 0 heterocycles. The maximum absolute atomic E-state index is 12.5. The lowest BCUT2D eigenvalue weighted by Crippen LogP contribution is -2.45. The summed E-state index contributed by atoms with van der Waals surface area (Å²) in [5, 5.41) is 23.2. The molecule has 2 unspecified atom stereocenters. The van der Waals surface area contributed by atoms with Crippen molar-refractivity contribution in [3.8, 4) is 0 Å². The van der Waals surface area contributed by atoms with Gasteiger partial charge in [0.15, 0.2) is 0 Å². The monoisotopic (exact) mass is 1010 g/mol. The first kappa shape index (κ1) is 70.1. The number of amides is 1. The maximum Gasteiger partial charge on any atom is 0.305 e. The molecule has 0 saturated heterocycles. The van der Waals surface area contributed by atoms with Crippen LogP contribution in [0.3, 0.4) is 0 Å². The Balaban J connectivity index is 3.51. The van der Waals surface area contributed by atoms with E-state index in [-0.39, 0.29) is 18.5 Å². The van der Waals surface area contributed by atoms with Gasteiger partial charge in [-0.05, 0) is 70.6 Å². The minimum Gasteiger partial charge on any atom is -0.466 e. The molecule has 6 nitrogen and oxygen atoms in total. The number of carbonyl (C=O) groups excluding carboxylic acids is 2. The predicted molar refractivity (Wildman–Crippen MR) is 315 cm³/mol. The molecular formula is C66H125NO5. The average Bonchev–Trinajstić information content (AvgIpc) is 3.38. The van der Waals surface area contributed by atoms with Gasteiger partial charge in [-0.3, -0.25) is 9.59 Å². The van der Waals surface area contributed by atoms with Crippen molar-refractivity contribution in [1.29, 1.82) is 0 Å². The molecule has 0 spiro atoms. The fourth-order valence-corrected chi connectivity index (χ4v) is 9.96. The number of ether oxygens (including phenoxy) is 1. The van der Waals surface area contributed by atoms with Crippen LogP contribution in [0.15, 0.2) is 36.5 Å². The van der Waals surface area contributed by atoms with E-state index in [1.807, 2.05) is 6.08 Å². The van der Waals surface area contributed by atoms with Crippen molar-refractivity contribution in [1.82, 2.24) is 5.32 Å². The highest BCUT2D eigenvalue weighted by Crippen LogP contribution is 2.18. The topological polar surface area (TPSA) is 95.9 Å². The zero-order valence-electron chi connectivity index (χ0n) is 48.4. The number of rotatable bonds is 60. The fraction of sp³-hybridized carbons (Fsp3) is 0.879. The minimum atomic E-state index is -0.856. The molecule has 72 heavy (non-hydrogen) atoms. The number of esters is 1. The maximum atomic E-state index is 12.5. The molecule has 0 aliphatic rings.